The van der Waals surface area contributed by atoms with Crippen LogP contribution in [0.5, 0.6) is 0 Å². The molecular weight excluding hydrogens is 218 g/mol. The minimum Gasteiger partial charge on any atom is -0.375 e. The Morgan fingerprint density at radius 2 is 1.44 bits per heavy atom. The van der Waals surface area contributed by atoms with E-state index in [2.05, 4.69) is 56.5 Å². The molecule has 0 atom stereocenters. The second kappa shape index (κ2) is 7.40. The van der Waals surface area contributed by atoms with Gasteiger partial charge in [-0.15, -0.1) is 0 Å². The standard InChI is InChI=1S/C11H29N3OSi/c1-7-10-14-16(12-8-2,13-9-3)15-11(4,5)6/h12-14H,7-10H2,1-6H3. The van der Waals surface area contributed by atoms with Crippen molar-refractivity contribution < 1.29 is 4.43 Å². The maximum absolute atomic E-state index is 6.21. The normalized spacial score (nSPS) is 13.1. The molecule has 4 nitrogen and oxygen atoms in total. The molecule has 0 fully saturated rings. The van der Waals surface area contributed by atoms with Crippen LogP contribution in [-0.2, 0) is 4.43 Å². The average Bonchev–Trinajstić information content (AvgIpc) is 2.13. The smallest absolute Gasteiger partial charge is 0.375 e. The lowest BCUT2D eigenvalue weighted by molar-refractivity contribution is 0.101. The molecule has 0 bridgehead atoms. The predicted octanol–water partition coefficient (Wildman–Crippen LogP) is 1.46. The molecule has 0 aromatic heterocycles. The summed E-state index contributed by atoms with van der Waals surface area (Å²) >= 11 is 0. The van der Waals surface area contributed by atoms with Gasteiger partial charge in [0.2, 0.25) is 0 Å². The fraction of sp³-hybridized carbons (Fsp3) is 1.00. The van der Waals surface area contributed by atoms with E-state index in [1.165, 1.54) is 0 Å². The van der Waals surface area contributed by atoms with Crippen molar-refractivity contribution in [2.24, 2.45) is 0 Å². The zero-order valence-electron chi connectivity index (χ0n) is 11.7. The molecule has 3 N–H and O–H groups in total. The molecule has 0 aliphatic heterocycles. The summed E-state index contributed by atoms with van der Waals surface area (Å²) in [6.07, 6.45) is 1.11. The van der Waals surface area contributed by atoms with Crippen molar-refractivity contribution in [2.75, 3.05) is 19.6 Å². The Morgan fingerprint density at radius 3 is 1.75 bits per heavy atom. The van der Waals surface area contributed by atoms with E-state index >= 15 is 0 Å². The predicted molar refractivity (Wildman–Crippen MR) is 72.2 cm³/mol. The number of hydrogen-bond acceptors (Lipinski definition) is 4. The largest absolute Gasteiger partial charge is 0.440 e. The van der Waals surface area contributed by atoms with Crippen molar-refractivity contribution in [2.45, 2.75) is 53.6 Å². The monoisotopic (exact) mass is 247 g/mol. The minimum atomic E-state index is -2.20. The van der Waals surface area contributed by atoms with Crippen LogP contribution in [0.25, 0.3) is 0 Å². The molecule has 0 unspecified atom stereocenters. The molecule has 0 heterocycles. The topological polar surface area (TPSA) is 45.3 Å². The molecule has 0 amide bonds. The van der Waals surface area contributed by atoms with Crippen molar-refractivity contribution in [3.63, 3.8) is 0 Å². The first-order valence-corrected chi connectivity index (χ1v) is 8.25. The Kier molecular flexibility index (Phi) is 7.42. The van der Waals surface area contributed by atoms with Crippen molar-refractivity contribution >= 4 is 8.80 Å². The number of rotatable bonds is 8. The van der Waals surface area contributed by atoms with Crippen LogP contribution in [0.15, 0.2) is 0 Å². The van der Waals surface area contributed by atoms with Crippen LogP contribution in [0.3, 0.4) is 0 Å². The number of nitrogens with one attached hydrogen (secondary N) is 3. The number of hydrogen-bond donors (Lipinski definition) is 3. The van der Waals surface area contributed by atoms with E-state index in [0.717, 1.165) is 26.1 Å². The highest BCUT2D eigenvalue weighted by Crippen LogP contribution is 2.11. The van der Waals surface area contributed by atoms with Crippen LogP contribution in [0.4, 0.5) is 0 Å². The van der Waals surface area contributed by atoms with Gasteiger partial charge >= 0.3 is 8.80 Å². The molecule has 5 heteroatoms. The van der Waals surface area contributed by atoms with E-state index in [1.54, 1.807) is 0 Å². The van der Waals surface area contributed by atoms with Crippen LogP contribution in [-0.4, -0.2) is 34.0 Å². The van der Waals surface area contributed by atoms with Gasteiger partial charge in [-0.05, 0) is 46.8 Å². The summed E-state index contributed by atoms with van der Waals surface area (Å²) in [5.41, 5.74) is -0.142. The second-order valence-corrected chi connectivity index (χ2v) is 7.51. The summed E-state index contributed by atoms with van der Waals surface area (Å²) in [4.78, 5) is 10.5. The molecular formula is C11H29N3OSi. The highest BCUT2D eigenvalue weighted by molar-refractivity contribution is 6.66. The maximum Gasteiger partial charge on any atom is 0.440 e. The molecule has 98 valence electrons. The lowest BCUT2D eigenvalue weighted by atomic mass is 10.2. The maximum atomic E-state index is 6.21. The van der Waals surface area contributed by atoms with E-state index in [0.29, 0.717) is 0 Å². The van der Waals surface area contributed by atoms with E-state index in [9.17, 15) is 0 Å². The summed E-state index contributed by atoms with van der Waals surface area (Å²) < 4.78 is 6.21. The molecule has 0 rings (SSSR count). The lowest BCUT2D eigenvalue weighted by Crippen LogP contribution is -2.76. The highest BCUT2D eigenvalue weighted by Gasteiger charge is 2.39. The molecule has 16 heavy (non-hydrogen) atoms. The van der Waals surface area contributed by atoms with E-state index < -0.39 is 8.80 Å². The summed E-state index contributed by atoms with van der Waals surface area (Å²) in [6.45, 7) is 15.5. The van der Waals surface area contributed by atoms with Gasteiger partial charge in [-0.25, -0.2) is 0 Å². The minimum absolute atomic E-state index is 0.142. The van der Waals surface area contributed by atoms with Gasteiger partial charge in [0.15, 0.2) is 0 Å². The van der Waals surface area contributed by atoms with Gasteiger partial charge in [-0.3, -0.25) is 14.9 Å². The third-order valence-corrected chi connectivity index (χ3v) is 5.30. The van der Waals surface area contributed by atoms with Crippen molar-refractivity contribution in [1.82, 2.24) is 14.9 Å². The first kappa shape index (κ1) is 16.1. The van der Waals surface area contributed by atoms with Gasteiger partial charge in [0.05, 0.1) is 5.60 Å². The van der Waals surface area contributed by atoms with Crippen LogP contribution >= 0.6 is 0 Å². The van der Waals surface area contributed by atoms with E-state index in [1.807, 2.05) is 0 Å². The van der Waals surface area contributed by atoms with Crippen LogP contribution in [0.1, 0.15) is 48.0 Å². The molecule has 0 radical (unpaired) electrons. The van der Waals surface area contributed by atoms with E-state index in [4.69, 9.17) is 4.43 Å². The fourth-order valence-electron chi connectivity index (χ4n) is 1.55. The van der Waals surface area contributed by atoms with Gasteiger partial charge in [-0.2, -0.15) is 0 Å². The Hall–Kier alpha value is 0.0569. The van der Waals surface area contributed by atoms with Gasteiger partial charge < -0.3 is 4.43 Å². The van der Waals surface area contributed by atoms with Crippen LogP contribution in [0, 0.1) is 0 Å². The Bertz CT molecular complexity index is 177. The van der Waals surface area contributed by atoms with Crippen molar-refractivity contribution in [1.29, 1.82) is 0 Å². The Morgan fingerprint density at radius 1 is 0.938 bits per heavy atom. The fourth-order valence-corrected chi connectivity index (χ4v) is 4.66. The SMILES string of the molecule is CCCN[Si](NCC)(NCC)OC(C)(C)C. The zero-order valence-corrected chi connectivity index (χ0v) is 12.7. The summed E-state index contributed by atoms with van der Waals surface area (Å²) in [6, 6.07) is 0. The average molecular weight is 247 g/mol. The summed E-state index contributed by atoms with van der Waals surface area (Å²) in [5, 5.41) is 0. The quantitative estimate of drug-likeness (QED) is 0.568. The van der Waals surface area contributed by atoms with Crippen molar-refractivity contribution in [3.05, 3.63) is 0 Å². The molecule has 0 saturated heterocycles. The molecule has 0 saturated carbocycles. The lowest BCUT2D eigenvalue weighted by Gasteiger charge is -2.37. The first-order chi connectivity index (χ1) is 7.39. The summed E-state index contributed by atoms with van der Waals surface area (Å²) in [7, 11) is -2.20. The summed E-state index contributed by atoms with van der Waals surface area (Å²) in [5.74, 6) is 0. The first-order valence-electron chi connectivity index (χ1n) is 6.34. The van der Waals surface area contributed by atoms with Gasteiger partial charge in [0.25, 0.3) is 0 Å². The van der Waals surface area contributed by atoms with Crippen LogP contribution in [0.2, 0.25) is 0 Å². The van der Waals surface area contributed by atoms with E-state index in [-0.39, 0.29) is 5.60 Å². The van der Waals surface area contributed by atoms with Gasteiger partial charge in [0, 0.05) is 0 Å². The molecule has 0 spiro atoms. The Balaban J connectivity index is 4.62. The van der Waals surface area contributed by atoms with Crippen molar-refractivity contribution in [3.8, 4) is 0 Å². The molecule has 0 aliphatic rings. The highest BCUT2D eigenvalue weighted by atomic mass is 28.4. The zero-order chi connectivity index (χ0) is 12.7. The van der Waals surface area contributed by atoms with Gasteiger partial charge in [-0.1, -0.05) is 20.8 Å². The van der Waals surface area contributed by atoms with Crippen LogP contribution < -0.4 is 14.9 Å². The molecule has 0 aromatic carbocycles. The molecule has 0 aliphatic carbocycles. The second-order valence-electron chi connectivity index (χ2n) is 4.88. The molecule has 0 aromatic rings. The third kappa shape index (κ3) is 6.60. The third-order valence-electron chi connectivity index (χ3n) is 1.93. The van der Waals surface area contributed by atoms with Gasteiger partial charge in [0.1, 0.15) is 0 Å². The Labute approximate surface area is 102 Å².